The number of piperazine rings is 1. The standard InChI is InChI=1S/C14H18F2N2O4S2/c15-13-2-1-12(9-14(13)16)24(21,22)18-6-4-17(5-7-18)11-3-8-23(19,20)10-11/h1-2,9,11H,3-8,10H2/t11-/m0/s1. The molecular formula is C14H18F2N2O4S2. The molecule has 3 rings (SSSR count). The second-order valence-corrected chi connectivity index (χ2v) is 10.2. The lowest BCUT2D eigenvalue weighted by Gasteiger charge is -2.36. The highest BCUT2D eigenvalue weighted by Crippen LogP contribution is 2.23. The molecule has 6 nitrogen and oxygen atoms in total. The van der Waals surface area contributed by atoms with E-state index >= 15 is 0 Å². The number of benzene rings is 1. The van der Waals surface area contributed by atoms with Crippen molar-refractivity contribution in [1.82, 2.24) is 9.21 Å². The van der Waals surface area contributed by atoms with Crippen LogP contribution in [0.2, 0.25) is 0 Å². The minimum atomic E-state index is -3.89. The Hall–Kier alpha value is -1.10. The van der Waals surface area contributed by atoms with Crippen molar-refractivity contribution in [3.8, 4) is 0 Å². The molecule has 2 aliphatic heterocycles. The summed E-state index contributed by atoms with van der Waals surface area (Å²) in [5.41, 5.74) is 0. The van der Waals surface area contributed by atoms with Gasteiger partial charge in [-0.05, 0) is 24.6 Å². The number of halogens is 2. The Balaban J connectivity index is 1.68. The first-order chi connectivity index (χ1) is 11.2. The van der Waals surface area contributed by atoms with Gasteiger partial charge in [0.15, 0.2) is 21.5 Å². The lowest BCUT2D eigenvalue weighted by Crippen LogP contribution is -2.52. The van der Waals surface area contributed by atoms with Gasteiger partial charge in [-0.25, -0.2) is 25.6 Å². The van der Waals surface area contributed by atoms with Crippen LogP contribution in [0, 0.1) is 11.6 Å². The Bertz CT molecular complexity index is 834. The van der Waals surface area contributed by atoms with Crippen molar-refractivity contribution < 1.29 is 25.6 Å². The summed E-state index contributed by atoms with van der Waals surface area (Å²) in [6.07, 6.45) is 0.568. The van der Waals surface area contributed by atoms with Crippen LogP contribution in [-0.2, 0) is 19.9 Å². The highest BCUT2D eigenvalue weighted by atomic mass is 32.2. The fourth-order valence-electron chi connectivity index (χ4n) is 3.16. The topological polar surface area (TPSA) is 74.8 Å². The maximum atomic E-state index is 13.3. The molecule has 2 aliphatic rings. The van der Waals surface area contributed by atoms with Gasteiger partial charge in [0.1, 0.15) is 0 Å². The SMILES string of the molecule is O=S1(=O)CC[C@H](N2CCN(S(=O)(=O)c3ccc(F)c(F)c3)CC2)C1. The summed E-state index contributed by atoms with van der Waals surface area (Å²) in [6.45, 7) is 1.22. The molecule has 0 saturated carbocycles. The average molecular weight is 380 g/mol. The van der Waals surface area contributed by atoms with Gasteiger partial charge < -0.3 is 0 Å². The molecule has 1 atom stereocenters. The smallest absolute Gasteiger partial charge is 0.243 e. The van der Waals surface area contributed by atoms with Crippen LogP contribution in [0.1, 0.15) is 6.42 Å². The van der Waals surface area contributed by atoms with E-state index in [1.807, 2.05) is 4.90 Å². The molecule has 134 valence electrons. The summed E-state index contributed by atoms with van der Waals surface area (Å²) in [7, 11) is -6.88. The summed E-state index contributed by atoms with van der Waals surface area (Å²) in [4.78, 5) is 1.71. The predicted molar refractivity (Wildman–Crippen MR) is 83.7 cm³/mol. The lowest BCUT2D eigenvalue weighted by molar-refractivity contribution is 0.148. The van der Waals surface area contributed by atoms with Crippen molar-refractivity contribution in [3.63, 3.8) is 0 Å². The quantitative estimate of drug-likeness (QED) is 0.762. The molecule has 0 bridgehead atoms. The number of sulfone groups is 1. The highest BCUT2D eigenvalue weighted by Gasteiger charge is 2.36. The first-order valence-electron chi connectivity index (χ1n) is 7.59. The number of hydrogen-bond donors (Lipinski definition) is 0. The van der Waals surface area contributed by atoms with E-state index in [1.54, 1.807) is 0 Å². The molecule has 10 heteroatoms. The largest absolute Gasteiger partial charge is 0.297 e. The van der Waals surface area contributed by atoms with Crippen molar-refractivity contribution >= 4 is 19.9 Å². The number of nitrogens with zero attached hydrogens (tertiary/aromatic N) is 2. The van der Waals surface area contributed by atoms with Gasteiger partial charge in [-0.15, -0.1) is 0 Å². The Labute approximate surface area is 140 Å². The maximum absolute atomic E-state index is 13.3. The summed E-state index contributed by atoms with van der Waals surface area (Å²) in [5.74, 6) is -2.01. The molecule has 0 aromatic heterocycles. The first-order valence-corrected chi connectivity index (χ1v) is 10.8. The first kappa shape index (κ1) is 17.7. The number of hydrogen-bond acceptors (Lipinski definition) is 5. The van der Waals surface area contributed by atoms with Crippen molar-refractivity contribution in [1.29, 1.82) is 0 Å². The van der Waals surface area contributed by atoms with Crippen LogP contribution in [0.4, 0.5) is 8.78 Å². The Morgan fingerprint density at radius 3 is 2.25 bits per heavy atom. The van der Waals surface area contributed by atoms with E-state index in [2.05, 4.69) is 0 Å². The third-order valence-corrected chi connectivity index (χ3v) is 8.17. The third kappa shape index (κ3) is 3.46. The van der Waals surface area contributed by atoms with Gasteiger partial charge in [-0.3, -0.25) is 4.90 Å². The van der Waals surface area contributed by atoms with Crippen molar-refractivity contribution in [2.45, 2.75) is 17.4 Å². The molecule has 2 fully saturated rings. The Morgan fingerprint density at radius 1 is 1.04 bits per heavy atom. The molecular weight excluding hydrogens is 362 g/mol. The van der Waals surface area contributed by atoms with Crippen LogP contribution in [0.25, 0.3) is 0 Å². The van der Waals surface area contributed by atoms with Crippen molar-refractivity contribution in [2.24, 2.45) is 0 Å². The van der Waals surface area contributed by atoms with Crippen LogP contribution in [0.15, 0.2) is 23.1 Å². The molecule has 2 saturated heterocycles. The van der Waals surface area contributed by atoms with E-state index in [4.69, 9.17) is 0 Å². The molecule has 0 unspecified atom stereocenters. The van der Waals surface area contributed by atoms with Crippen molar-refractivity contribution in [2.75, 3.05) is 37.7 Å². The van der Waals surface area contributed by atoms with Gasteiger partial charge in [0.05, 0.1) is 16.4 Å². The van der Waals surface area contributed by atoms with Crippen LogP contribution in [0.5, 0.6) is 0 Å². The second-order valence-electron chi connectivity index (χ2n) is 6.07. The van der Waals surface area contributed by atoms with Crippen LogP contribution in [0.3, 0.4) is 0 Å². The molecule has 0 amide bonds. The summed E-state index contributed by atoms with van der Waals surface area (Å²) in [6, 6.07) is 2.45. The molecule has 1 aromatic rings. The molecule has 1 aromatic carbocycles. The maximum Gasteiger partial charge on any atom is 0.243 e. The zero-order chi connectivity index (χ0) is 17.5. The minimum absolute atomic E-state index is 0.0666. The molecule has 0 spiro atoms. The Morgan fingerprint density at radius 2 is 1.71 bits per heavy atom. The van der Waals surface area contributed by atoms with E-state index in [-0.39, 0.29) is 35.5 Å². The van der Waals surface area contributed by atoms with E-state index in [9.17, 15) is 25.6 Å². The summed E-state index contributed by atoms with van der Waals surface area (Å²) >= 11 is 0. The van der Waals surface area contributed by atoms with Gasteiger partial charge in [-0.1, -0.05) is 0 Å². The van der Waals surface area contributed by atoms with Crippen LogP contribution in [-0.4, -0.2) is 69.8 Å². The van der Waals surface area contributed by atoms with E-state index in [0.29, 0.717) is 25.6 Å². The highest BCUT2D eigenvalue weighted by molar-refractivity contribution is 7.91. The zero-order valence-corrected chi connectivity index (χ0v) is 14.5. The monoisotopic (exact) mass is 380 g/mol. The fraction of sp³-hybridized carbons (Fsp3) is 0.571. The van der Waals surface area contributed by atoms with Gasteiger partial charge >= 0.3 is 0 Å². The normalized spacial score (nSPS) is 25.8. The zero-order valence-electron chi connectivity index (χ0n) is 12.9. The molecule has 0 aliphatic carbocycles. The van der Waals surface area contributed by atoms with Crippen LogP contribution < -0.4 is 0 Å². The molecule has 24 heavy (non-hydrogen) atoms. The predicted octanol–water partition coefficient (Wildman–Crippen LogP) is 0.458. The lowest BCUT2D eigenvalue weighted by atomic mass is 10.2. The molecule has 0 N–H and O–H groups in total. The van der Waals surface area contributed by atoms with Crippen molar-refractivity contribution in [3.05, 3.63) is 29.8 Å². The van der Waals surface area contributed by atoms with E-state index in [0.717, 1.165) is 12.1 Å². The fourth-order valence-corrected chi connectivity index (χ4v) is 6.35. The van der Waals surface area contributed by atoms with Gasteiger partial charge in [-0.2, -0.15) is 4.31 Å². The van der Waals surface area contributed by atoms with Gasteiger partial charge in [0, 0.05) is 32.2 Å². The minimum Gasteiger partial charge on any atom is -0.297 e. The summed E-state index contributed by atoms with van der Waals surface area (Å²) < 4.78 is 75.6. The number of sulfonamides is 1. The van der Waals surface area contributed by atoms with Gasteiger partial charge in [0.2, 0.25) is 10.0 Å². The van der Waals surface area contributed by atoms with Gasteiger partial charge in [0.25, 0.3) is 0 Å². The van der Waals surface area contributed by atoms with Crippen LogP contribution >= 0.6 is 0 Å². The third-order valence-electron chi connectivity index (χ3n) is 4.53. The molecule has 2 heterocycles. The second kappa shape index (κ2) is 6.32. The Kier molecular flexibility index (Phi) is 4.67. The molecule has 0 radical (unpaired) electrons. The summed E-state index contributed by atoms with van der Waals surface area (Å²) in [5, 5.41) is 0. The average Bonchev–Trinajstić information content (AvgIpc) is 2.90. The van der Waals surface area contributed by atoms with E-state index < -0.39 is 31.5 Å². The number of rotatable bonds is 3. The van der Waals surface area contributed by atoms with E-state index in [1.165, 1.54) is 4.31 Å².